The minimum atomic E-state index is -0.791. The van der Waals surface area contributed by atoms with E-state index < -0.39 is 5.97 Å². The van der Waals surface area contributed by atoms with E-state index in [9.17, 15) is 4.79 Å². The van der Waals surface area contributed by atoms with Crippen LogP contribution in [0.1, 0.15) is 24.3 Å². The van der Waals surface area contributed by atoms with Crippen LogP contribution in [0.25, 0.3) is 0 Å². The maximum absolute atomic E-state index is 10.7. The fourth-order valence-corrected chi connectivity index (χ4v) is 2.94. The standard InChI is InChI=1S/C12H17NO3S/c1-9(11-3-2-6-17-11)13-4-5-16-10(8-13)7-12(14)15/h2-3,6,9-10H,4-5,7-8H2,1H3,(H,14,15). The van der Waals surface area contributed by atoms with E-state index in [0.29, 0.717) is 19.2 Å². The first-order valence-electron chi connectivity index (χ1n) is 5.77. The monoisotopic (exact) mass is 255 g/mol. The Morgan fingerprint density at radius 3 is 3.24 bits per heavy atom. The predicted molar refractivity (Wildman–Crippen MR) is 66.3 cm³/mol. The van der Waals surface area contributed by atoms with Crippen molar-refractivity contribution in [1.82, 2.24) is 4.90 Å². The number of carboxylic acids is 1. The molecule has 17 heavy (non-hydrogen) atoms. The number of aliphatic carboxylic acids is 1. The zero-order valence-electron chi connectivity index (χ0n) is 9.83. The van der Waals surface area contributed by atoms with Gasteiger partial charge in [-0.3, -0.25) is 9.69 Å². The van der Waals surface area contributed by atoms with Crippen molar-refractivity contribution in [3.63, 3.8) is 0 Å². The molecular weight excluding hydrogens is 238 g/mol. The first-order valence-corrected chi connectivity index (χ1v) is 6.65. The van der Waals surface area contributed by atoms with Crippen molar-refractivity contribution in [1.29, 1.82) is 0 Å². The van der Waals surface area contributed by atoms with Crippen LogP contribution in [0.2, 0.25) is 0 Å². The van der Waals surface area contributed by atoms with E-state index in [0.717, 1.165) is 6.54 Å². The molecule has 0 spiro atoms. The first-order chi connectivity index (χ1) is 8.16. The van der Waals surface area contributed by atoms with Crippen molar-refractivity contribution in [2.24, 2.45) is 0 Å². The lowest BCUT2D eigenvalue weighted by molar-refractivity contribution is -0.142. The molecule has 94 valence electrons. The number of nitrogens with zero attached hydrogens (tertiary/aromatic N) is 1. The highest BCUT2D eigenvalue weighted by Crippen LogP contribution is 2.26. The summed E-state index contributed by atoms with van der Waals surface area (Å²) in [6, 6.07) is 4.51. The molecule has 0 saturated carbocycles. The minimum absolute atomic E-state index is 0.0909. The summed E-state index contributed by atoms with van der Waals surface area (Å²) >= 11 is 1.74. The third kappa shape index (κ3) is 3.28. The number of carboxylic acid groups (broad SMARTS) is 1. The molecule has 1 fully saturated rings. The van der Waals surface area contributed by atoms with E-state index in [1.807, 2.05) is 6.07 Å². The van der Waals surface area contributed by atoms with E-state index in [1.165, 1.54) is 4.88 Å². The maximum atomic E-state index is 10.7. The summed E-state index contributed by atoms with van der Waals surface area (Å²) in [5.74, 6) is -0.791. The summed E-state index contributed by atoms with van der Waals surface area (Å²) in [4.78, 5) is 14.3. The van der Waals surface area contributed by atoms with Gasteiger partial charge in [0, 0.05) is 24.0 Å². The molecule has 0 aromatic carbocycles. The van der Waals surface area contributed by atoms with Gasteiger partial charge in [-0.25, -0.2) is 0 Å². The van der Waals surface area contributed by atoms with Crippen LogP contribution < -0.4 is 0 Å². The number of rotatable bonds is 4. The van der Waals surface area contributed by atoms with Gasteiger partial charge in [0.15, 0.2) is 0 Å². The number of hydrogen-bond donors (Lipinski definition) is 1. The van der Waals surface area contributed by atoms with Crippen molar-refractivity contribution < 1.29 is 14.6 Å². The molecule has 1 N–H and O–H groups in total. The van der Waals surface area contributed by atoms with Crippen molar-refractivity contribution in [3.8, 4) is 0 Å². The van der Waals surface area contributed by atoms with E-state index >= 15 is 0 Å². The Morgan fingerprint density at radius 1 is 1.76 bits per heavy atom. The Bertz CT molecular complexity index is 366. The second-order valence-electron chi connectivity index (χ2n) is 4.28. The van der Waals surface area contributed by atoms with Gasteiger partial charge in [-0.1, -0.05) is 6.07 Å². The van der Waals surface area contributed by atoms with Gasteiger partial charge >= 0.3 is 5.97 Å². The smallest absolute Gasteiger partial charge is 0.306 e. The summed E-state index contributed by atoms with van der Waals surface area (Å²) in [7, 11) is 0. The van der Waals surface area contributed by atoms with Gasteiger partial charge in [-0.15, -0.1) is 11.3 Å². The Labute approximate surface area is 105 Å². The molecule has 1 aromatic heterocycles. The second kappa shape index (κ2) is 5.62. The number of hydrogen-bond acceptors (Lipinski definition) is 4. The second-order valence-corrected chi connectivity index (χ2v) is 5.26. The van der Waals surface area contributed by atoms with Crippen LogP contribution in [0.15, 0.2) is 17.5 Å². The molecule has 1 aliphatic rings. The third-order valence-corrected chi connectivity index (χ3v) is 4.12. The highest BCUT2D eigenvalue weighted by Gasteiger charge is 2.26. The summed E-state index contributed by atoms with van der Waals surface area (Å²) in [6.07, 6.45) is -0.0862. The van der Waals surface area contributed by atoms with Crippen LogP contribution in [0.3, 0.4) is 0 Å². The van der Waals surface area contributed by atoms with E-state index in [-0.39, 0.29) is 12.5 Å². The lowest BCUT2D eigenvalue weighted by Crippen LogP contribution is -2.44. The first kappa shape index (κ1) is 12.5. The summed E-state index contributed by atoms with van der Waals surface area (Å²) in [6.45, 7) is 4.35. The molecule has 1 aromatic rings. The number of ether oxygens (including phenoxy) is 1. The van der Waals surface area contributed by atoms with E-state index in [4.69, 9.17) is 9.84 Å². The average molecular weight is 255 g/mol. The van der Waals surface area contributed by atoms with Gasteiger partial charge in [0.25, 0.3) is 0 Å². The van der Waals surface area contributed by atoms with Gasteiger partial charge in [-0.05, 0) is 18.4 Å². The molecule has 1 aliphatic heterocycles. The molecule has 5 heteroatoms. The molecule has 0 radical (unpaired) electrons. The van der Waals surface area contributed by atoms with Gasteiger partial charge in [0.05, 0.1) is 19.1 Å². The van der Waals surface area contributed by atoms with Gasteiger partial charge in [-0.2, -0.15) is 0 Å². The highest BCUT2D eigenvalue weighted by atomic mass is 32.1. The number of carbonyl (C=O) groups is 1. The molecule has 1 saturated heterocycles. The molecule has 2 unspecified atom stereocenters. The Morgan fingerprint density at radius 2 is 2.59 bits per heavy atom. The van der Waals surface area contributed by atoms with Crippen LogP contribution >= 0.6 is 11.3 Å². The normalized spacial score (nSPS) is 23.5. The maximum Gasteiger partial charge on any atom is 0.306 e. The molecule has 0 amide bonds. The van der Waals surface area contributed by atoms with Crippen LogP contribution in [-0.2, 0) is 9.53 Å². The van der Waals surface area contributed by atoms with Gasteiger partial charge in [0.2, 0.25) is 0 Å². The Hall–Kier alpha value is -0.910. The molecule has 2 rings (SSSR count). The van der Waals surface area contributed by atoms with E-state index in [1.54, 1.807) is 11.3 Å². The van der Waals surface area contributed by atoms with Crippen LogP contribution in [-0.4, -0.2) is 41.8 Å². The summed E-state index contributed by atoms with van der Waals surface area (Å²) in [5.41, 5.74) is 0. The molecular formula is C12H17NO3S. The largest absolute Gasteiger partial charge is 0.481 e. The van der Waals surface area contributed by atoms with Gasteiger partial charge < -0.3 is 9.84 Å². The Balaban J connectivity index is 1.95. The molecule has 4 nitrogen and oxygen atoms in total. The summed E-state index contributed by atoms with van der Waals surface area (Å²) < 4.78 is 5.47. The summed E-state index contributed by atoms with van der Waals surface area (Å²) in [5, 5.41) is 10.8. The average Bonchev–Trinajstić information content (AvgIpc) is 2.81. The Kier molecular flexibility index (Phi) is 4.15. The fourth-order valence-electron chi connectivity index (χ4n) is 2.12. The zero-order valence-corrected chi connectivity index (χ0v) is 10.7. The zero-order chi connectivity index (χ0) is 12.3. The lowest BCUT2D eigenvalue weighted by Gasteiger charge is -2.36. The predicted octanol–water partition coefficient (Wildman–Crippen LogP) is 1.98. The van der Waals surface area contributed by atoms with Crippen molar-refractivity contribution >= 4 is 17.3 Å². The van der Waals surface area contributed by atoms with Crippen LogP contribution in [0, 0.1) is 0 Å². The quantitative estimate of drug-likeness (QED) is 0.894. The third-order valence-electron chi connectivity index (χ3n) is 3.08. The lowest BCUT2D eigenvalue weighted by atomic mass is 10.1. The molecule has 2 atom stereocenters. The van der Waals surface area contributed by atoms with Crippen LogP contribution in [0.5, 0.6) is 0 Å². The molecule has 0 bridgehead atoms. The minimum Gasteiger partial charge on any atom is -0.481 e. The molecule has 2 heterocycles. The topological polar surface area (TPSA) is 49.8 Å². The highest BCUT2D eigenvalue weighted by molar-refractivity contribution is 7.10. The van der Waals surface area contributed by atoms with Crippen molar-refractivity contribution in [3.05, 3.63) is 22.4 Å². The van der Waals surface area contributed by atoms with Crippen molar-refractivity contribution in [2.45, 2.75) is 25.5 Å². The van der Waals surface area contributed by atoms with Crippen molar-refractivity contribution in [2.75, 3.05) is 19.7 Å². The van der Waals surface area contributed by atoms with Crippen LogP contribution in [0.4, 0.5) is 0 Å². The van der Waals surface area contributed by atoms with Gasteiger partial charge in [0.1, 0.15) is 0 Å². The fraction of sp³-hybridized carbons (Fsp3) is 0.583. The number of morpholine rings is 1. The molecule has 0 aliphatic carbocycles. The van der Waals surface area contributed by atoms with E-state index in [2.05, 4.69) is 23.3 Å². The number of thiophene rings is 1. The SMILES string of the molecule is CC(c1cccs1)N1CCOC(CC(=O)O)C1.